The highest BCUT2D eigenvalue weighted by molar-refractivity contribution is 7.17. The van der Waals surface area contributed by atoms with Gasteiger partial charge in [-0.3, -0.25) is 14.8 Å². The molecule has 1 N–H and O–H groups in total. The van der Waals surface area contributed by atoms with Crippen molar-refractivity contribution < 1.29 is 4.79 Å². The molecular formula is C13H13N3OS. The maximum Gasteiger partial charge on any atom is 0.250 e. The number of amidine groups is 1. The van der Waals surface area contributed by atoms with Crippen LogP contribution in [0.5, 0.6) is 0 Å². The van der Waals surface area contributed by atoms with Crippen LogP contribution in [0.2, 0.25) is 0 Å². The molecule has 0 fully saturated rings. The number of carbonyl (C=O) groups excluding carboxylic acids is 1. The average molecular weight is 259 g/mol. The SMILES string of the molecule is CCCC1N=C(c2cnc3ccsc3c2)NC1=O. The van der Waals surface area contributed by atoms with Crippen molar-refractivity contribution in [3.63, 3.8) is 0 Å². The van der Waals surface area contributed by atoms with Gasteiger partial charge in [-0.25, -0.2) is 0 Å². The van der Waals surface area contributed by atoms with E-state index in [1.54, 1.807) is 17.5 Å². The molecular weight excluding hydrogens is 246 g/mol. The number of nitrogens with zero attached hydrogens (tertiary/aromatic N) is 2. The van der Waals surface area contributed by atoms with Gasteiger partial charge in [-0.1, -0.05) is 13.3 Å². The number of thiophene rings is 1. The number of rotatable bonds is 3. The molecule has 0 saturated heterocycles. The number of fused-ring (bicyclic) bond motifs is 1. The Morgan fingerprint density at radius 1 is 1.50 bits per heavy atom. The predicted molar refractivity (Wildman–Crippen MR) is 73.0 cm³/mol. The van der Waals surface area contributed by atoms with Crippen molar-refractivity contribution in [1.29, 1.82) is 0 Å². The third kappa shape index (κ3) is 1.90. The second-order valence-electron chi connectivity index (χ2n) is 4.30. The van der Waals surface area contributed by atoms with E-state index in [0.29, 0.717) is 5.84 Å². The lowest BCUT2D eigenvalue weighted by molar-refractivity contribution is -0.120. The Balaban J connectivity index is 1.94. The Bertz CT molecular complexity index is 632. The summed E-state index contributed by atoms with van der Waals surface area (Å²) < 4.78 is 1.11. The van der Waals surface area contributed by atoms with Crippen LogP contribution in [-0.2, 0) is 4.79 Å². The molecule has 1 aliphatic rings. The van der Waals surface area contributed by atoms with Gasteiger partial charge < -0.3 is 5.32 Å². The van der Waals surface area contributed by atoms with Gasteiger partial charge in [0.05, 0.1) is 10.2 Å². The topological polar surface area (TPSA) is 54.4 Å². The van der Waals surface area contributed by atoms with E-state index in [0.717, 1.165) is 28.6 Å². The lowest BCUT2D eigenvalue weighted by Crippen LogP contribution is -2.29. The monoisotopic (exact) mass is 259 g/mol. The van der Waals surface area contributed by atoms with Crippen molar-refractivity contribution in [2.45, 2.75) is 25.8 Å². The largest absolute Gasteiger partial charge is 0.309 e. The van der Waals surface area contributed by atoms with Crippen LogP contribution in [0.25, 0.3) is 10.2 Å². The minimum Gasteiger partial charge on any atom is -0.309 e. The normalized spacial score (nSPS) is 19.1. The quantitative estimate of drug-likeness (QED) is 0.919. The number of amides is 1. The van der Waals surface area contributed by atoms with Gasteiger partial charge in [0.15, 0.2) is 0 Å². The van der Waals surface area contributed by atoms with E-state index in [-0.39, 0.29) is 11.9 Å². The molecule has 92 valence electrons. The fourth-order valence-corrected chi connectivity index (χ4v) is 2.82. The van der Waals surface area contributed by atoms with Crippen molar-refractivity contribution in [2.75, 3.05) is 0 Å². The minimum absolute atomic E-state index is 0.00173. The fourth-order valence-electron chi connectivity index (χ4n) is 2.04. The second kappa shape index (κ2) is 4.49. The molecule has 1 atom stereocenters. The lowest BCUT2D eigenvalue weighted by Gasteiger charge is -2.00. The van der Waals surface area contributed by atoms with Crippen LogP contribution in [-0.4, -0.2) is 22.8 Å². The predicted octanol–water partition coefficient (Wildman–Crippen LogP) is 2.34. The average Bonchev–Trinajstić information content (AvgIpc) is 2.96. The Hall–Kier alpha value is -1.75. The summed E-state index contributed by atoms with van der Waals surface area (Å²) in [6, 6.07) is 3.78. The standard InChI is InChI=1S/C13H13N3OS/c1-2-3-10-13(17)16-12(15-10)8-6-11-9(14-7-8)4-5-18-11/h4-7,10H,2-3H2,1H3,(H,15,16,17). The number of carbonyl (C=O) groups is 1. The Labute approximate surface area is 109 Å². The van der Waals surface area contributed by atoms with Crippen molar-refractivity contribution in [3.05, 3.63) is 29.3 Å². The maximum absolute atomic E-state index is 11.7. The molecule has 4 nitrogen and oxygen atoms in total. The highest BCUT2D eigenvalue weighted by atomic mass is 32.1. The van der Waals surface area contributed by atoms with Gasteiger partial charge in [-0.2, -0.15) is 0 Å². The molecule has 0 radical (unpaired) electrons. The molecule has 0 bridgehead atoms. The van der Waals surface area contributed by atoms with Crippen molar-refractivity contribution in [2.24, 2.45) is 4.99 Å². The minimum atomic E-state index is -0.232. The van der Waals surface area contributed by atoms with Gasteiger partial charge in [-0.15, -0.1) is 11.3 Å². The molecule has 1 unspecified atom stereocenters. The van der Waals surface area contributed by atoms with Gasteiger partial charge in [0.2, 0.25) is 5.91 Å². The maximum atomic E-state index is 11.7. The van der Waals surface area contributed by atoms with Crippen LogP contribution in [0.4, 0.5) is 0 Å². The van der Waals surface area contributed by atoms with E-state index in [1.165, 1.54) is 0 Å². The molecule has 2 aromatic rings. The van der Waals surface area contributed by atoms with Crippen molar-refractivity contribution >= 4 is 33.3 Å². The second-order valence-corrected chi connectivity index (χ2v) is 5.25. The lowest BCUT2D eigenvalue weighted by atomic mass is 10.2. The van der Waals surface area contributed by atoms with Gasteiger partial charge >= 0.3 is 0 Å². The zero-order valence-electron chi connectivity index (χ0n) is 10.0. The molecule has 0 saturated carbocycles. The molecule has 1 amide bonds. The van der Waals surface area contributed by atoms with E-state index >= 15 is 0 Å². The third-order valence-electron chi connectivity index (χ3n) is 2.97. The van der Waals surface area contributed by atoms with Crippen molar-refractivity contribution in [1.82, 2.24) is 10.3 Å². The summed E-state index contributed by atoms with van der Waals surface area (Å²) >= 11 is 1.64. The number of nitrogens with one attached hydrogen (secondary N) is 1. The smallest absolute Gasteiger partial charge is 0.250 e. The summed E-state index contributed by atoms with van der Waals surface area (Å²) in [6.07, 6.45) is 3.52. The first kappa shape index (κ1) is 11.3. The summed E-state index contributed by atoms with van der Waals surface area (Å²) in [6.45, 7) is 2.06. The summed E-state index contributed by atoms with van der Waals surface area (Å²) in [5.41, 5.74) is 1.87. The molecule has 2 aromatic heterocycles. The number of hydrogen-bond acceptors (Lipinski definition) is 4. The molecule has 0 spiro atoms. The van der Waals surface area contributed by atoms with Gasteiger partial charge in [-0.05, 0) is 23.9 Å². The molecule has 5 heteroatoms. The molecule has 1 aliphatic heterocycles. The zero-order chi connectivity index (χ0) is 12.5. The number of hydrogen-bond donors (Lipinski definition) is 1. The van der Waals surface area contributed by atoms with E-state index in [1.807, 2.05) is 17.5 Å². The number of aromatic nitrogens is 1. The van der Waals surface area contributed by atoms with Gasteiger partial charge in [0.1, 0.15) is 11.9 Å². The first-order valence-electron chi connectivity index (χ1n) is 6.00. The van der Waals surface area contributed by atoms with Crippen LogP contribution in [0.3, 0.4) is 0 Å². The van der Waals surface area contributed by atoms with E-state index < -0.39 is 0 Å². The van der Waals surface area contributed by atoms with Gasteiger partial charge in [0, 0.05) is 11.8 Å². The van der Waals surface area contributed by atoms with Gasteiger partial charge in [0.25, 0.3) is 0 Å². The molecule has 3 rings (SSSR count). The van der Waals surface area contributed by atoms with Crippen LogP contribution in [0.15, 0.2) is 28.7 Å². The molecule has 18 heavy (non-hydrogen) atoms. The summed E-state index contributed by atoms with van der Waals surface area (Å²) in [4.78, 5) is 20.5. The fraction of sp³-hybridized carbons (Fsp3) is 0.308. The highest BCUT2D eigenvalue weighted by Gasteiger charge is 2.26. The molecule has 3 heterocycles. The zero-order valence-corrected chi connectivity index (χ0v) is 10.8. The van der Waals surface area contributed by atoms with E-state index in [9.17, 15) is 4.79 Å². The van der Waals surface area contributed by atoms with Crippen LogP contribution in [0, 0.1) is 0 Å². The summed E-state index contributed by atoms with van der Waals surface area (Å²) in [5.74, 6) is 0.652. The third-order valence-corrected chi connectivity index (χ3v) is 3.82. The Morgan fingerprint density at radius 3 is 3.22 bits per heavy atom. The van der Waals surface area contributed by atoms with Crippen LogP contribution >= 0.6 is 11.3 Å². The Kier molecular flexibility index (Phi) is 2.83. The van der Waals surface area contributed by atoms with E-state index in [2.05, 4.69) is 22.2 Å². The number of pyridine rings is 1. The van der Waals surface area contributed by atoms with Crippen LogP contribution in [0.1, 0.15) is 25.3 Å². The van der Waals surface area contributed by atoms with Crippen molar-refractivity contribution in [3.8, 4) is 0 Å². The number of aliphatic imine (C=N–C) groups is 1. The molecule has 0 aliphatic carbocycles. The summed E-state index contributed by atoms with van der Waals surface area (Å²) in [5, 5.41) is 4.85. The molecule has 0 aromatic carbocycles. The Morgan fingerprint density at radius 2 is 2.39 bits per heavy atom. The highest BCUT2D eigenvalue weighted by Crippen LogP contribution is 2.21. The summed E-state index contributed by atoms with van der Waals surface area (Å²) in [7, 11) is 0. The van der Waals surface area contributed by atoms with Crippen LogP contribution < -0.4 is 5.32 Å². The first-order chi connectivity index (χ1) is 8.78. The van der Waals surface area contributed by atoms with E-state index in [4.69, 9.17) is 0 Å². The first-order valence-corrected chi connectivity index (χ1v) is 6.88.